The number of carbonyl (C=O) groups is 1. The predicted molar refractivity (Wildman–Crippen MR) is 84.2 cm³/mol. The molecule has 1 heterocycles. The Bertz CT molecular complexity index is 665. The van der Waals surface area contributed by atoms with E-state index in [0.29, 0.717) is 12.5 Å². The Morgan fingerprint density at radius 2 is 1.95 bits per heavy atom. The van der Waals surface area contributed by atoms with Gasteiger partial charge < -0.3 is 5.32 Å². The fraction of sp³-hybridized carbons (Fsp3) is 0.500. The van der Waals surface area contributed by atoms with Gasteiger partial charge in [0.05, 0.1) is 6.04 Å². The first-order valence-electron chi connectivity index (χ1n) is 7.60. The molecule has 6 heteroatoms. The molecule has 22 heavy (non-hydrogen) atoms. The number of nitrogens with one attached hydrogen (secondary N) is 1. The largest absolute Gasteiger partial charge is 0.326 e. The summed E-state index contributed by atoms with van der Waals surface area (Å²) in [6.07, 6.45) is 2.77. The Hall–Kier alpha value is -2.24. The van der Waals surface area contributed by atoms with Crippen molar-refractivity contribution in [2.45, 2.75) is 46.1 Å². The highest BCUT2D eigenvalue weighted by Crippen LogP contribution is 2.36. The van der Waals surface area contributed by atoms with E-state index in [-0.39, 0.29) is 11.3 Å². The molecule has 1 aliphatic rings. The normalized spacial score (nSPS) is 14.9. The quantitative estimate of drug-likeness (QED) is 0.941. The summed E-state index contributed by atoms with van der Waals surface area (Å²) in [5.74, 6) is 0.818. The van der Waals surface area contributed by atoms with Crippen LogP contribution < -0.4 is 5.32 Å². The number of hydrogen-bond acceptors (Lipinski definition) is 4. The number of rotatable bonds is 4. The minimum atomic E-state index is -0.0175. The first-order valence-corrected chi connectivity index (χ1v) is 7.60. The third-order valence-corrected chi connectivity index (χ3v) is 3.50. The van der Waals surface area contributed by atoms with Gasteiger partial charge in [-0.1, -0.05) is 20.8 Å². The molecule has 0 atom stereocenters. The number of nitrogens with zero attached hydrogens (tertiary/aromatic N) is 4. The lowest BCUT2D eigenvalue weighted by molar-refractivity contribution is -0.117. The molecule has 1 aliphatic carbocycles. The molecule has 1 aromatic carbocycles. The summed E-state index contributed by atoms with van der Waals surface area (Å²) in [5.41, 5.74) is 1.74. The van der Waals surface area contributed by atoms with Gasteiger partial charge in [0.15, 0.2) is 5.82 Å². The molecule has 3 rings (SSSR count). The molecule has 1 amide bonds. The monoisotopic (exact) mass is 299 g/mol. The van der Waals surface area contributed by atoms with Crippen LogP contribution in [0.1, 0.15) is 46.1 Å². The molecule has 1 N–H and O–H groups in total. The Morgan fingerprint density at radius 3 is 2.55 bits per heavy atom. The zero-order valence-corrected chi connectivity index (χ0v) is 13.2. The van der Waals surface area contributed by atoms with E-state index in [0.717, 1.165) is 29.9 Å². The predicted octanol–water partition coefficient (Wildman–Crippen LogP) is 3.05. The van der Waals surface area contributed by atoms with Crippen molar-refractivity contribution in [1.82, 2.24) is 20.2 Å². The molecule has 0 saturated heterocycles. The number of benzene rings is 1. The third kappa shape index (κ3) is 3.50. The highest BCUT2D eigenvalue weighted by Gasteiger charge is 2.28. The molecule has 1 aromatic heterocycles. The summed E-state index contributed by atoms with van der Waals surface area (Å²) in [5, 5.41) is 14.8. The second-order valence-electron chi connectivity index (χ2n) is 7.04. The van der Waals surface area contributed by atoms with E-state index in [1.54, 1.807) is 0 Å². The Labute approximate surface area is 129 Å². The van der Waals surface area contributed by atoms with Gasteiger partial charge in [-0.05, 0) is 52.9 Å². The maximum atomic E-state index is 11.9. The molecule has 0 unspecified atom stereocenters. The zero-order chi connectivity index (χ0) is 15.7. The molecule has 116 valence electrons. The molecule has 6 nitrogen and oxygen atoms in total. The Balaban J connectivity index is 1.70. The van der Waals surface area contributed by atoms with Crippen LogP contribution in [0, 0.1) is 5.41 Å². The SMILES string of the molecule is CC(C)(C)CC(=O)Nc1ccc(-c2nnnn2C2CC2)cc1. The molecule has 1 fully saturated rings. The molecule has 0 aliphatic heterocycles. The minimum Gasteiger partial charge on any atom is -0.326 e. The Kier molecular flexibility index (Phi) is 3.68. The number of amides is 1. The van der Waals surface area contributed by atoms with Crippen LogP contribution >= 0.6 is 0 Å². The topological polar surface area (TPSA) is 72.7 Å². The summed E-state index contributed by atoms with van der Waals surface area (Å²) in [6.45, 7) is 6.15. The van der Waals surface area contributed by atoms with E-state index in [9.17, 15) is 4.79 Å². The van der Waals surface area contributed by atoms with Crippen molar-refractivity contribution < 1.29 is 4.79 Å². The lowest BCUT2D eigenvalue weighted by Crippen LogP contribution is -2.19. The molecule has 0 bridgehead atoms. The van der Waals surface area contributed by atoms with Gasteiger partial charge in [-0.2, -0.15) is 0 Å². The van der Waals surface area contributed by atoms with Crippen LogP contribution in [0.4, 0.5) is 5.69 Å². The maximum Gasteiger partial charge on any atom is 0.224 e. The minimum absolute atomic E-state index is 0.0175. The molecule has 1 saturated carbocycles. The van der Waals surface area contributed by atoms with Gasteiger partial charge in [0.25, 0.3) is 0 Å². The lowest BCUT2D eigenvalue weighted by atomic mass is 9.92. The molecule has 0 spiro atoms. The highest BCUT2D eigenvalue weighted by atomic mass is 16.1. The van der Waals surface area contributed by atoms with Gasteiger partial charge in [0, 0.05) is 17.7 Å². The number of carbonyl (C=O) groups excluding carboxylic acids is 1. The van der Waals surface area contributed by atoms with Crippen LogP contribution in [0.15, 0.2) is 24.3 Å². The van der Waals surface area contributed by atoms with Crippen molar-refractivity contribution in [1.29, 1.82) is 0 Å². The van der Waals surface area contributed by atoms with E-state index in [4.69, 9.17) is 0 Å². The van der Waals surface area contributed by atoms with Gasteiger partial charge in [-0.15, -0.1) is 5.10 Å². The van der Waals surface area contributed by atoms with Gasteiger partial charge in [0.2, 0.25) is 5.91 Å². The van der Waals surface area contributed by atoms with Crippen molar-refractivity contribution in [3.05, 3.63) is 24.3 Å². The second kappa shape index (κ2) is 5.51. The average molecular weight is 299 g/mol. The highest BCUT2D eigenvalue weighted by molar-refractivity contribution is 5.91. The van der Waals surface area contributed by atoms with Crippen molar-refractivity contribution in [2.75, 3.05) is 5.32 Å². The summed E-state index contributed by atoms with van der Waals surface area (Å²) in [4.78, 5) is 11.9. The van der Waals surface area contributed by atoms with E-state index in [2.05, 4.69) is 20.8 Å². The number of tetrazole rings is 1. The number of hydrogen-bond donors (Lipinski definition) is 1. The molecule has 2 aromatic rings. The van der Waals surface area contributed by atoms with Crippen LogP contribution in [0.2, 0.25) is 0 Å². The van der Waals surface area contributed by atoms with Crippen LogP contribution in [-0.2, 0) is 4.79 Å². The first kappa shape index (κ1) is 14.7. The number of aromatic nitrogens is 4. The van der Waals surface area contributed by atoms with Crippen molar-refractivity contribution in [3.63, 3.8) is 0 Å². The van der Waals surface area contributed by atoms with Crippen molar-refractivity contribution >= 4 is 11.6 Å². The first-order chi connectivity index (χ1) is 10.4. The lowest BCUT2D eigenvalue weighted by Gasteiger charge is -2.17. The summed E-state index contributed by atoms with van der Waals surface area (Å²) in [6, 6.07) is 8.11. The zero-order valence-electron chi connectivity index (χ0n) is 13.2. The van der Waals surface area contributed by atoms with E-state index >= 15 is 0 Å². The fourth-order valence-electron chi connectivity index (χ4n) is 2.34. The molecular formula is C16H21N5O. The van der Waals surface area contributed by atoms with Gasteiger partial charge in [-0.25, -0.2) is 4.68 Å². The van der Waals surface area contributed by atoms with Crippen LogP contribution in [-0.4, -0.2) is 26.1 Å². The smallest absolute Gasteiger partial charge is 0.224 e. The summed E-state index contributed by atoms with van der Waals surface area (Å²) in [7, 11) is 0. The summed E-state index contributed by atoms with van der Waals surface area (Å²) >= 11 is 0. The molecular weight excluding hydrogens is 278 g/mol. The van der Waals surface area contributed by atoms with Crippen LogP contribution in [0.5, 0.6) is 0 Å². The van der Waals surface area contributed by atoms with E-state index < -0.39 is 0 Å². The number of anilines is 1. The second-order valence-corrected chi connectivity index (χ2v) is 7.04. The Morgan fingerprint density at radius 1 is 1.27 bits per heavy atom. The van der Waals surface area contributed by atoms with Crippen molar-refractivity contribution in [3.8, 4) is 11.4 Å². The van der Waals surface area contributed by atoms with E-state index in [1.807, 2.05) is 49.7 Å². The van der Waals surface area contributed by atoms with Crippen molar-refractivity contribution in [2.24, 2.45) is 5.41 Å². The van der Waals surface area contributed by atoms with Crippen LogP contribution in [0.25, 0.3) is 11.4 Å². The van der Waals surface area contributed by atoms with Gasteiger partial charge in [0.1, 0.15) is 0 Å². The maximum absolute atomic E-state index is 11.9. The fourth-order valence-corrected chi connectivity index (χ4v) is 2.34. The third-order valence-electron chi connectivity index (χ3n) is 3.50. The summed E-state index contributed by atoms with van der Waals surface area (Å²) < 4.78 is 1.88. The standard InChI is InChI=1S/C16H21N5O/c1-16(2,3)10-14(22)17-12-6-4-11(5-7-12)15-18-19-20-21(15)13-8-9-13/h4-7,13H,8-10H2,1-3H3,(H,17,22). The van der Waals surface area contributed by atoms with E-state index in [1.165, 1.54) is 0 Å². The van der Waals surface area contributed by atoms with Crippen LogP contribution in [0.3, 0.4) is 0 Å². The van der Waals surface area contributed by atoms with Gasteiger partial charge >= 0.3 is 0 Å². The van der Waals surface area contributed by atoms with Gasteiger partial charge in [-0.3, -0.25) is 4.79 Å². The average Bonchev–Trinajstić information content (AvgIpc) is 3.15. The molecule has 0 radical (unpaired) electrons.